The molecule has 4 rings (SSSR count). The molecule has 0 unspecified atom stereocenters. The van der Waals surface area contributed by atoms with E-state index >= 15 is 0 Å². The van der Waals surface area contributed by atoms with Gasteiger partial charge in [-0.15, -0.1) is 0 Å². The molecule has 9 nitrogen and oxygen atoms in total. The van der Waals surface area contributed by atoms with Gasteiger partial charge in [0.1, 0.15) is 6.54 Å². The molecule has 4 amide bonds. The van der Waals surface area contributed by atoms with Crippen LogP contribution in [0.5, 0.6) is 5.75 Å². The first-order chi connectivity index (χ1) is 14.9. The highest BCUT2D eigenvalue weighted by Crippen LogP contribution is 2.24. The molecule has 0 aliphatic carbocycles. The van der Waals surface area contributed by atoms with E-state index < -0.39 is 29.4 Å². The number of benzene rings is 2. The summed E-state index contributed by atoms with van der Waals surface area (Å²) in [6.07, 6.45) is 3.34. The Kier molecular flexibility index (Phi) is 5.52. The Balaban J connectivity index is 1.49. The molecule has 2 saturated heterocycles. The SMILES string of the molecule is O=C1CN(N=Cc2cc(C(=O)Nc3ccc(N4CCCC4)cc3)cc(F)c2O)C(=O)N1. The molecule has 2 aromatic carbocycles. The Hall–Kier alpha value is -3.95. The number of carbonyl (C=O) groups is 3. The van der Waals surface area contributed by atoms with E-state index in [9.17, 15) is 23.9 Å². The smallest absolute Gasteiger partial charge is 0.344 e. The third-order valence-electron chi connectivity index (χ3n) is 5.06. The van der Waals surface area contributed by atoms with Gasteiger partial charge in [-0.2, -0.15) is 5.10 Å². The molecule has 0 aromatic heterocycles. The maximum Gasteiger partial charge on any atom is 0.344 e. The van der Waals surface area contributed by atoms with Gasteiger partial charge in [0.05, 0.1) is 6.21 Å². The first-order valence-electron chi connectivity index (χ1n) is 9.75. The first-order valence-corrected chi connectivity index (χ1v) is 9.75. The Morgan fingerprint density at radius 3 is 2.52 bits per heavy atom. The number of rotatable bonds is 5. The van der Waals surface area contributed by atoms with Gasteiger partial charge in [-0.3, -0.25) is 14.9 Å². The lowest BCUT2D eigenvalue weighted by atomic mass is 10.1. The van der Waals surface area contributed by atoms with Crippen LogP contribution < -0.4 is 15.5 Å². The van der Waals surface area contributed by atoms with E-state index in [2.05, 4.69) is 15.3 Å². The summed E-state index contributed by atoms with van der Waals surface area (Å²) in [4.78, 5) is 37.6. The minimum absolute atomic E-state index is 0.0395. The molecular weight excluding hydrogens is 405 g/mol. The van der Waals surface area contributed by atoms with Crippen LogP contribution in [0.15, 0.2) is 41.5 Å². The van der Waals surface area contributed by atoms with Gasteiger partial charge >= 0.3 is 6.03 Å². The van der Waals surface area contributed by atoms with Crippen LogP contribution in [-0.2, 0) is 4.79 Å². The first kappa shape index (κ1) is 20.3. The number of hydrazone groups is 1. The number of anilines is 2. The minimum atomic E-state index is -1.01. The number of hydrogen-bond acceptors (Lipinski definition) is 6. The monoisotopic (exact) mass is 425 g/mol. The molecule has 2 fully saturated rings. The van der Waals surface area contributed by atoms with Crippen LogP contribution >= 0.6 is 0 Å². The maximum absolute atomic E-state index is 14.2. The summed E-state index contributed by atoms with van der Waals surface area (Å²) < 4.78 is 14.2. The summed E-state index contributed by atoms with van der Waals surface area (Å²) >= 11 is 0. The second-order valence-corrected chi connectivity index (χ2v) is 7.25. The Bertz CT molecular complexity index is 1060. The summed E-state index contributed by atoms with van der Waals surface area (Å²) in [5.41, 5.74) is 1.47. The summed E-state index contributed by atoms with van der Waals surface area (Å²) in [5, 5.41) is 19.3. The van der Waals surface area contributed by atoms with Crippen molar-refractivity contribution in [3.63, 3.8) is 0 Å². The zero-order chi connectivity index (χ0) is 22.0. The van der Waals surface area contributed by atoms with Crippen LogP contribution in [0.3, 0.4) is 0 Å². The number of phenolic OH excluding ortho intramolecular Hbond substituents is 1. The highest BCUT2D eigenvalue weighted by molar-refractivity contribution is 6.06. The average Bonchev–Trinajstić information content (AvgIpc) is 3.39. The predicted octanol–water partition coefficient (Wildman–Crippen LogP) is 2.27. The summed E-state index contributed by atoms with van der Waals surface area (Å²) in [6, 6.07) is 8.80. The number of amides is 4. The Morgan fingerprint density at radius 2 is 1.87 bits per heavy atom. The molecular formula is C21H20FN5O4. The molecule has 0 bridgehead atoms. The number of nitrogens with one attached hydrogen (secondary N) is 2. The average molecular weight is 425 g/mol. The Morgan fingerprint density at radius 1 is 1.16 bits per heavy atom. The molecule has 10 heteroatoms. The van der Waals surface area contributed by atoms with Gasteiger partial charge < -0.3 is 15.3 Å². The fourth-order valence-electron chi connectivity index (χ4n) is 3.44. The van der Waals surface area contributed by atoms with E-state index in [4.69, 9.17) is 0 Å². The lowest BCUT2D eigenvalue weighted by molar-refractivity contribution is -0.118. The van der Waals surface area contributed by atoms with Crippen molar-refractivity contribution in [1.29, 1.82) is 0 Å². The van der Waals surface area contributed by atoms with Crippen molar-refractivity contribution < 1.29 is 23.9 Å². The van der Waals surface area contributed by atoms with Gasteiger partial charge in [-0.25, -0.2) is 14.2 Å². The zero-order valence-corrected chi connectivity index (χ0v) is 16.5. The van der Waals surface area contributed by atoms with Crippen molar-refractivity contribution in [2.45, 2.75) is 12.8 Å². The third kappa shape index (κ3) is 4.47. The fraction of sp³-hybridized carbons (Fsp3) is 0.238. The van der Waals surface area contributed by atoms with Gasteiger partial charge in [0.2, 0.25) is 5.91 Å². The van der Waals surface area contributed by atoms with Gasteiger partial charge in [-0.1, -0.05) is 0 Å². The number of hydrogen-bond donors (Lipinski definition) is 3. The molecule has 2 aliphatic rings. The lowest BCUT2D eigenvalue weighted by Crippen LogP contribution is -2.24. The van der Waals surface area contributed by atoms with Gasteiger partial charge in [-0.05, 0) is 49.2 Å². The highest BCUT2D eigenvalue weighted by Gasteiger charge is 2.26. The molecule has 2 aliphatic heterocycles. The van der Waals surface area contributed by atoms with E-state index in [-0.39, 0.29) is 17.7 Å². The number of urea groups is 1. The standard InChI is InChI=1S/C21H20FN5O4/c22-17-10-13(9-14(19(17)29)11-23-27-12-18(28)25-21(27)31)20(30)24-15-3-5-16(6-4-15)26-7-1-2-8-26/h3-6,9-11,29H,1-2,7-8,12H2,(H,24,30)(H,25,28,31). The van der Waals surface area contributed by atoms with Crippen LogP contribution in [0.1, 0.15) is 28.8 Å². The number of carbonyl (C=O) groups excluding carboxylic acids is 3. The second-order valence-electron chi connectivity index (χ2n) is 7.25. The molecule has 3 N–H and O–H groups in total. The minimum Gasteiger partial charge on any atom is -0.504 e. The van der Waals surface area contributed by atoms with Gasteiger partial charge in [0.25, 0.3) is 5.91 Å². The summed E-state index contributed by atoms with van der Waals surface area (Å²) in [7, 11) is 0. The molecule has 0 saturated carbocycles. The lowest BCUT2D eigenvalue weighted by Gasteiger charge is -2.17. The largest absolute Gasteiger partial charge is 0.504 e. The number of aromatic hydroxyl groups is 1. The van der Waals surface area contributed by atoms with Crippen molar-refractivity contribution >= 4 is 35.4 Å². The quantitative estimate of drug-likeness (QED) is 0.502. The van der Waals surface area contributed by atoms with Crippen molar-refractivity contribution in [3.8, 4) is 5.75 Å². The summed E-state index contributed by atoms with van der Waals surface area (Å²) in [5.74, 6) is -2.83. The molecule has 2 aromatic rings. The van der Waals surface area contributed by atoms with Gasteiger partial charge in [0, 0.05) is 35.6 Å². The number of nitrogens with zero attached hydrogens (tertiary/aromatic N) is 3. The van der Waals surface area contributed by atoms with Crippen LogP contribution in [0.25, 0.3) is 0 Å². The van der Waals surface area contributed by atoms with Crippen LogP contribution in [0.4, 0.5) is 20.6 Å². The van der Waals surface area contributed by atoms with E-state index in [1.807, 2.05) is 17.4 Å². The number of halogens is 1. The number of imide groups is 1. The normalized spacial score (nSPS) is 16.3. The molecule has 0 spiro atoms. The van der Waals surface area contributed by atoms with Crippen LogP contribution in [-0.4, -0.2) is 53.8 Å². The second kappa shape index (κ2) is 8.42. The molecule has 2 heterocycles. The highest BCUT2D eigenvalue weighted by atomic mass is 19.1. The van der Waals surface area contributed by atoms with E-state index in [0.29, 0.717) is 5.69 Å². The molecule has 31 heavy (non-hydrogen) atoms. The predicted molar refractivity (Wildman–Crippen MR) is 112 cm³/mol. The van der Waals surface area contributed by atoms with Gasteiger partial charge in [0.15, 0.2) is 11.6 Å². The van der Waals surface area contributed by atoms with Crippen LogP contribution in [0.2, 0.25) is 0 Å². The zero-order valence-electron chi connectivity index (χ0n) is 16.5. The number of phenols is 1. The van der Waals surface area contributed by atoms with Crippen molar-refractivity contribution in [3.05, 3.63) is 53.3 Å². The van der Waals surface area contributed by atoms with E-state index in [1.165, 1.54) is 6.07 Å². The maximum atomic E-state index is 14.2. The van der Waals surface area contributed by atoms with Crippen molar-refractivity contribution in [2.75, 3.05) is 29.9 Å². The molecule has 160 valence electrons. The van der Waals surface area contributed by atoms with E-state index in [0.717, 1.165) is 48.9 Å². The molecule has 0 radical (unpaired) electrons. The Labute approximate surface area is 177 Å². The van der Waals surface area contributed by atoms with Crippen molar-refractivity contribution in [2.24, 2.45) is 5.10 Å². The summed E-state index contributed by atoms with van der Waals surface area (Å²) in [6.45, 7) is 1.73. The third-order valence-corrected chi connectivity index (χ3v) is 5.06. The molecule has 0 atom stereocenters. The fourth-order valence-corrected chi connectivity index (χ4v) is 3.44. The van der Waals surface area contributed by atoms with Crippen LogP contribution in [0, 0.1) is 5.82 Å². The topological polar surface area (TPSA) is 114 Å². The van der Waals surface area contributed by atoms with Crippen molar-refractivity contribution in [1.82, 2.24) is 10.3 Å². The van der Waals surface area contributed by atoms with E-state index in [1.54, 1.807) is 12.1 Å².